The van der Waals surface area contributed by atoms with Crippen LogP contribution in [0.1, 0.15) is 51.9 Å². The van der Waals surface area contributed by atoms with Crippen LogP contribution in [0.25, 0.3) is 0 Å². The van der Waals surface area contributed by atoms with Gasteiger partial charge in [0, 0.05) is 20.1 Å². The molecule has 3 aromatic rings. The van der Waals surface area contributed by atoms with Gasteiger partial charge in [-0.1, -0.05) is 60.7 Å². The monoisotopic (exact) mass is 418 g/mol. The molecule has 7 nitrogen and oxygen atoms in total. The number of benzene rings is 2. The summed E-state index contributed by atoms with van der Waals surface area (Å²) < 4.78 is 1.91. The molecule has 0 atom stereocenters. The molecule has 0 aliphatic carbocycles. The molecule has 1 aromatic heterocycles. The van der Waals surface area contributed by atoms with Crippen molar-refractivity contribution in [1.29, 1.82) is 0 Å². The van der Waals surface area contributed by atoms with Gasteiger partial charge in [-0.15, -0.1) is 0 Å². The molecular weight excluding hydrogens is 388 g/mol. The van der Waals surface area contributed by atoms with Crippen molar-refractivity contribution in [2.45, 2.75) is 25.7 Å². The molecule has 0 spiro atoms. The number of aliphatic imine (C=N–C) groups is 1. The number of amides is 1. The van der Waals surface area contributed by atoms with E-state index in [0.717, 1.165) is 29.8 Å². The second-order valence-corrected chi connectivity index (χ2v) is 7.49. The lowest BCUT2D eigenvalue weighted by Crippen LogP contribution is -2.28. The van der Waals surface area contributed by atoms with Gasteiger partial charge in [0.15, 0.2) is 5.96 Å². The lowest BCUT2D eigenvalue weighted by molar-refractivity contribution is 0.0944. The molecule has 7 heteroatoms. The summed E-state index contributed by atoms with van der Waals surface area (Å²) in [5, 5.41) is 2.99. The summed E-state index contributed by atoms with van der Waals surface area (Å²) in [6.07, 6.45) is 1.60. The van der Waals surface area contributed by atoms with Gasteiger partial charge in [0.25, 0.3) is 5.91 Å². The molecule has 0 saturated heterocycles. The molecule has 0 aliphatic rings. The number of guanidine groups is 1. The van der Waals surface area contributed by atoms with E-state index in [2.05, 4.69) is 34.6 Å². The molecule has 1 heterocycles. The molecule has 0 bridgehead atoms. The van der Waals surface area contributed by atoms with E-state index in [0.29, 0.717) is 24.5 Å². The van der Waals surface area contributed by atoms with Gasteiger partial charge >= 0.3 is 0 Å². The lowest BCUT2D eigenvalue weighted by Gasteiger charge is -2.18. The molecule has 3 rings (SSSR count). The van der Waals surface area contributed by atoms with Crippen molar-refractivity contribution in [3.63, 3.8) is 0 Å². The molecular formula is C24H30N6O. The fourth-order valence-corrected chi connectivity index (χ4v) is 3.74. The van der Waals surface area contributed by atoms with Crippen LogP contribution >= 0.6 is 0 Å². The molecule has 1 amide bonds. The summed E-state index contributed by atoms with van der Waals surface area (Å²) in [6.45, 7) is 2.99. The predicted molar refractivity (Wildman–Crippen MR) is 124 cm³/mol. The molecule has 0 unspecified atom stereocenters. The zero-order valence-corrected chi connectivity index (χ0v) is 18.1. The summed E-state index contributed by atoms with van der Waals surface area (Å²) in [6, 6.07) is 20.5. The highest BCUT2D eigenvalue weighted by atomic mass is 16.2. The lowest BCUT2D eigenvalue weighted by atomic mass is 9.90. The van der Waals surface area contributed by atoms with E-state index in [-0.39, 0.29) is 17.8 Å². The Bertz CT molecular complexity index is 983. The first-order valence-corrected chi connectivity index (χ1v) is 10.5. The number of aromatic nitrogens is 2. The first kappa shape index (κ1) is 22.1. The number of unbranched alkanes of at least 4 members (excludes halogenated alkanes) is 1. The summed E-state index contributed by atoms with van der Waals surface area (Å²) in [5.74, 6) is 0.744. The fourth-order valence-electron chi connectivity index (χ4n) is 3.74. The van der Waals surface area contributed by atoms with Gasteiger partial charge in [0.05, 0.1) is 11.6 Å². The Morgan fingerprint density at radius 2 is 1.61 bits per heavy atom. The largest absolute Gasteiger partial charge is 0.370 e. The van der Waals surface area contributed by atoms with Crippen molar-refractivity contribution < 1.29 is 4.79 Å². The number of nitrogens with zero attached hydrogens (tertiary/aromatic N) is 3. The van der Waals surface area contributed by atoms with Crippen molar-refractivity contribution in [3.05, 3.63) is 89.0 Å². The van der Waals surface area contributed by atoms with Crippen LogP contribution < -0.4 is 16.8 Å². The third kappa shape index (κ3) is 5.51. The minimum absolute atomic E-state index is 0.0627. The van der Waals surface area contributed by atoms with Gasteiger partial charge in [0.2, 0.25) is 0 Å². The summed E-state index contributed by atoms with van der Waals surface area (Å²) in [7, 11) is 1.90. The van der Waals surface area contributed by atoms with Gasteiger partial charge in [-0.2, -0.15) is 0 Å². The average molecular weight is 419 g/mol. The Kier molecular flexibility index (Phi) is 7.43. The Morgan fingerprint density at radius 1 is 1.03 bits per heavy atom. The van der Waals surface area contributed by atoms with Crippen LogP contribution in [0.2, 0.25) is 0 Å². The van der Waals surface area contributed by atoms with E-state index in [1.807, 2.05) is 54.9 Å². The number of carbonyl (C=O) groups is 1. The Hall–Kier alpha value is -3.61. The molecule has 0 saturated carbocycles. The maximum atomic E-state index is 12.9. The minimum atomic E-state index is -0.125. The quantitative estimate of drug-likeness (QED) is 0.282. The Morgan fingerprint density at radius 3 is 2.16 bits per heavy atom. The van der Waals surface area contributed by atoms with Crippen molar-refractivity contribution in [1.82, 2.24) is 14.9 Å². The zero-order valence-electron chi connectivity index (χ0n) is 18.1. The van der Waals surface area contributed by atoms with Crippen LogP contribution in [0.3, 0.4) is 0 Å². The minimum Gasteiger partial charge on any atom is -0.370 e. The fraction of sp³-hybridized carbons (Fsp3) is 0.292. The number of nitrogens with one attached hydrogen (secondary N) is 1. The standard InChI is InChI=1S/C24H30N6O/c1-17-21(23(31)27-15-9-10-16-28-24(25)26)30(2)22(29-17)20(18-11-5-3-6-12-18)19-13-7-4-8-14-19/h3-8,11-14,20H,9-10,15-16H2,1-2H3,(H,27,31)(H4,25,26,28). The van der Waals surface area contributed by atoms with Gasteiger partial charge in [-0.25, -0.2) is 4.98 Å². The average Bonchev–Trinajstić information content (AvgIpc) is 3.05. The van der Waals surface area contributed by atoms with E-state index < -0.39 is 0 Å². The topological polar surface area (TPSA) is 111 Å². The molecule has 0 radical (unpaired) electrons. The van der Waals surface area contributed by atoms with Crippen LogP contribution in [0.5, 0.6) is 0 Å². The van der Waals surface area contributed by atoms with Crippen molar-refractivity contribution in [2.75, 3.05) is 13.1 Å². The molecule has 0 fully saturated rings. The van der Waals surface area contributed by atoms with Crippen molar-refractivity contribution >= 4 is 11.9 Å². The summed E-state index contributed by atoms with van der Waals surface area (Å²) in [4.78, 5) is 21.7. The normalized spacial score (nSPS) is 10.8. The molecule has 31 heavy (non-hydrogen) atoms. The summed E-state index contributed by atoms with van der Waals surface area (Å²) >= 11 is 0. The number of imidazole rings is 1. The van der Waals surface area contributed by atoms with Crippen LogP contribution in [0.4, 0.5) is 0 Å². The van der Waals surface area contributed by atoms with Crippen molar-refractivity contribution in [3.8, 4) is 0 Å². The SMILES string of the molecule is Cc1nc(C(c2ccccc2)c2ccccc2)n(C)c1C(=O)NCCCCN=C(N)N. The smallest absolute Gasteiger partial charge is 0.269 e. The van der Waals surface area contributed by atoms with Crippen LogP contribution in [-0.2, 0) is 7.05 Å². The maximum absolute atomic E-state index is 12.9. The van der Waals surface area contributed by atoms with Gasteiger partial charge in [-0.3, -0.25) is 9.79 Å². The Balaban J connectivity index is 1.81. The third-order valence-electron chi connectivity index (χ3n) is 5.21. The van der Waals surface area contributed by atoms with E-state index >= 15 is 0 Å². The number of rotatable bonds is 9. The van der Waals surface area contributed by atoms with E-state index in [1.165, 1.54) is 0 Å². The van der Waals surface area contributed by atoms with E-state index in [4.69, 9.17) is 16.5 Å². The molecule has 162 valence electrons. The number of nitrogens with two attached hydrogens (primary N) is 2. The van der Waals surface area contributed by atoms with E-state index in [1.54, 1.807) is 0 Å². The van der Waals surface area contributed by atoms with Gasteiger partial charge in [-0.05, 0) is 30.9 Å². The van der Waals surface area contributed by atoms with Crippen LogP contribution in [0.15, 0.2) is 65.7 Å². The second kappa shape index (κ2) is 10.4. The first-order valence-electron chi connectivity index (χ1n) is 10.5. The third-order valence-corrected chi connectivity index (χ3v) is 5.21. The predicted octanol–water partition coefficient (Wildman–Crippen LogP) is 2.69. The molecule has 0 aliphatic heterocycles. The number of aryl methyl sites for hydroxylation is 1. The number of carbonyl (C=O) groups excluding carboxylic acids is 1. The van der Waals surface area contributed by atoms with Crippen LogP contribution in [-0.4, -0.2) is 34.5 Å². The van der Waals surface area contributed by atoms with E-state index in [9.17, 15) is 4.79 Å². The second-order valence-electron chi connectivity index (χ2n) is 7.49. The summed E-state index contributed by atoms with van der Waals surface area (Å²) in [5.41, 5.74) is 14.2. The first-order chi connectivity index (χ1) is 15.0. The van der Waals surface area contributed by atoms with Gasteiger partial charge in [0.1, 0.15) is 11.5 Å². The Labute approximate surface area is 183 Å². The molecule has 2 aromatic carbocycles. The highest BCUT2D eigenvalue weighted by molar-refractivity contribution is 5.93. The highest BCUT2D eigenvalue weighted by Crippen LogP contribution is 2.32. The van der Waals surface area contributed by atoms with Crippen molar-refractivity contribution in [2.24, 2.45) is 23.5 Å². The maximum Gasteiger partial charge on any atom is 0.269 e. The molecule has 5 N–H and O–H groups in total. The highest BCUT2D eigenvalue weighted by Gasteiger charge is 2.26. The van der Waals surface area contributed by atoms with Gasteiger partial charge < -0.3 is 21.4 Å². The number of hydrogen-bond donors (Lipinski definition) is 3. The van der Waals surface area contributed by atoms with Crippen LogP contribution in [0, 0.1) is 6.92 Å². The number of hydrogen-bond acceptors (Lipinski definition) is 3. The zero-order chi connectivity index (χ0) is 22.2.